The highest BCUT2D eigenvalue weighted by atomic mass is 16.1. The van der Waals surface area contributed by atoms with Gasteiger partial charge in [0.2, 0.25) is 5.91 Å². The molecule has 0 aliphatic carbocycles. The van der Waals surface area contributed by atoms with Gasteiger partial charge in [-0.15, -0.1) is 6.58 Å². The second-order valence-electron chi connectivity index (χ2n) is 3.95. The van der Waals surface area contributed by atoms with E-state index in [1.165, 1.54) is 0 Å². The second kappa shape index (κ2) is 9.71. The highest BCUT2D eigenvalue weighted by molar-refractivity contribution is 5.76. The predicted molar refractivity (Wildman–Crippen MR) is 64.6 cm³/mol. The molecule has 0 aromatic carbocycles. The Balaban J connectivity index is 3.36. The molecule has 88 valence electrons. The lowest BCUT2D eigenvalue weighted by Crippen LogP contribution is -2.31. The van der Waals surface area contributed by atoms with Crippen molar-refractivity contribution in [2.75, 3.05) is 6.54 Å². The van der Waals surface area contributed by atoms with Crippen molar-refractivity contribution in [1.29, 1.82) is 0 Å². The van der Waals surface area contributed by atoms with Crippen LogP contribution in [-0.2, 0) is 4.79 Å². The standard InChI is InChI=1S/C12H24N2O/c1-3-8-11(2)14-12(15)9-6-4-5-7-10-13/h3,11H,1,4-10,13H2,2H3,(H,14,15). The highest BCUT2D eigenvalue weighted by Crippen LogP contribution is 2.02. The van der Waals surface area contributed by atoms with Crippen LogP contribution in [0.25, 0.3) is 0 Å². The molecule has 0 aliphatic heterocycles. The van der Waals surface area contributed by atoms with E-state index < -0.39 is 0 Å². The minimum Gasteiger partial charge on any atom is -0.353 e. The third-order valence-electron chi connectivity index (χ3n) is 2.29. The fourth-order valence-corrected chi connectivity index (χ4v) is 1.44. The van der Waals surface area contributed by atoms with Gasteiger partial charge in [-0.3, -0.25) is 4.79 Å². The summed E-state index contributed by atoms with van der Waals surface area (Å²) in [4.78, 5) is 11.4. The highest BCUT2D eigenvalue weighted by Gasteiger charge is 2.04. The third-order valence-corrected chi connectivity index (χ3v) is 2.29. The first-order valence-corrected chi connectivity index (χ1v) is 5.81. The van der Waals surface area contributed by atoms with Gasteiger partial charge in [0, 0.05) is 12.5 Å². The van der Waals surface area contributed by atoms with Gasteiger partial charge in [0.05, 0.1) is 0 Å². The van der Waals surface area contributed by atoms with Gasteiger partial charge in [-0.25, -0.2) is 0 Å². The van der Waals surface area contributed by atoms with E-state index in [2.05, 4.69) is 11.9 Å². The molecule has 0 saturated carbocycles. The molecule has 0 bridgehead atoms. The van der Waals surface area contributed by atoms with E-state index in [1.807, 2.05) is 13.0 Å². The Morgan fingerprint density at radius 3 is 2.67 bits per heavy atom. The van der Waals surface area contributed by atoms with Gasteiger partial charge in [0.25, 0.3) is 0 Å². The summed E-state index contributed by atoms with van der Waals surface area (Å²) in [6.07, 6.45) is 7.55. The lowest BCUT2D eigenvalue weighted by Gasteiger charge is -2.11. The van der Waals surface area contributed by atoms with Crippen LogP contribution in [-0.4, -0.2) is 18.5 Å². The molecule has 0 heterocycles. The van der Waals surface area contributed by atoms with Crippen molar-refractivity contribution in [3.8, 4) is 0 Å². The minimum absolute atomic E-state index is 0.150. The number of nitrogens with one attached hydrogen (secondary N) is 1. The fourth-order valence-electron chi connectivity index (χ4n) is 1.44. The summed E-state index contributed by atoms with van der Waals surface area (Å²) in [6.45, 7) is 6.39. The first-order valence-electron chi connectivity index (χ1n) is 5.81. The zero-order valence-corrected chi connectivity index (χ0v) is 9.80. The van der Waals surface area contributed by atoms with Crippen molar-refractivity contribution in [1.82, 2.24) is 5.32 Å². The number of rotatable bonds is 9. The van der Waals surface area contributed by atoms with Crippen LogP contribution in [0.2, 0.25) is 0 Å². The summed E-state index contributed by atoms with van der Waals surface area (Å²) in [5.74, 6) is 0.150. The Morgan fingerprint density at radius 1 is 1.40 bits per heavy atom. The molecule has 0 radical (unpaired) electrons. The average molecular weight is 212 g/mol. The van der Waals surface area contributed by atoms with Crippen LogP contribution >= 0.6 is 0 Å². The second-order valence-corrected chi connectivity index (χ2v) is 3.95. The average Bonchev–Trinajstić information content (AvgIpc) is 2.17. The van der Waals surface area contributed by atoms with E-state index >= 15 is 0 Å². The molecule has 1 unspecified atom stereocenters. The summed E-state index contributed by atoms with van der Waals surface area (Å²) in [5, 5.41) is 2.94. The summed E-state index contributed by atoms with van der Waals surface area (Å²) in [5.41, 5.74) is 5.38. The molecule has 3 nitrogen and oxygen atoms in total. The Bertz CT molecular complexity index is 180. The molecular formula is C12H24N2O. The zero-order valence-electron chi connectivity index (χ0n) is 9.80. The van der Waals surface area contributed by atoms with Gasteiger partial charge in [-0.05, 0) is 32.7 Å². The van der Waals surface area contributed by atoms with Crippen LogP contribution in [0.3, 0.4) is 0 Å². The normalized spacial score (nSPS) is 12.1. The number of unbranched alkanes of at least 4 members (excludes halogenated alkanes) is 3. The van der Waals surface area contributed by atoms with Crippen molar-refractivity contribution >= 4 is 5.91 Å². The molecule has 0 aliphatic rings. The molecule has 0 aromatic rings. The molecule has 3 heteroatoms. The lowest BCUT2D eigenvalue weighted by molar-refractivity contribution is -0.121. The molecule has 15 heavy (non-hydrogen) atoms. The van der Waals surface area contributed by atoms with Crippen molar-refractivity contribution in [2.45, 2.75) is 51.5 Å². The molecule has 0 aromatic heterocycles. The Morgan fingerprint density at radius 2 is 2.07 bits per heavy atom. The number of amides is 1. The van der Waals surface area contributed by atoms with Crippen molar-refractivity contribution in [3.63, 3.8) is 0 Å². The van der Waals surface area contributed by atoms with Crippen LogP contribution in [0, 0.1) is 0 Å². The number of nitrogens with two attached hydrogens (primary N) is 1. The Kier molecular flexibility index (Phi) is 9.18. The largest absolute Gasteiger partial charge is 0.353 e. The van der Waals surface area contributed by atoms with Gasteiger partial charge in [0.1, 0.15) is 0 Å². The molecule has 0 saturated heterocycles. The molecular weight excluding hydrogens is 188 g/mol. The number of carbonyl (C=O) groups is 1. The Hall–Kier alpha value is -0.830. The number of carbonyl (C=O) groups excluding carboxylic acids is 1. The van der Waals surface area contributed by atoms with Crippen molar-refractivity contribution in [3.05, 3.63) is 12.7 Å². The Labute approximate surface area is 93.1 Å². The molecule has 0 spiro atoms. The number of hydrogen-bond acceptors (Lipinski definition) is 2. The van der Waals surface area contributed by atoms with Gasteiger partial charge in [0.15, 0.2) is 0 Å². The van der Waals surface area contributed by atoms with Gasteiger partial charge in [-0.1, -0.05) is 18.9 Å². The molecule has 3 N–H and O–H groups in total. The SMILES string of the molecule is C=CCC(C)NC(=O)CCCCCCN. The van der Waals surface area contributed by atoms with E-state index in [1.54, 1.807) is 0 Å². The molecule has 0 rings (SSSR count). The first-order chi connectivity index (χ1) is 7.20. The minimum atomic E-state index is 0.150. The van der Waals surface area contributed by atoms with Crippen LogP contribution in [0.15, 0.2) is 12.7 Å². The van der Waals surface area contributed by atoms with E-state index in [0.717, 1.165) is 38.6 Å². The molecule has 0 fully saturated rings. The maximum atomic E-state index is 11.4. The quantitative estimate of drug-likeness (QED) is 0.453. The summed E-state index contributed by atoms with van der Waals surface area (Å²) < 4.78 is 0. The van der Waals surface area contributed by atoms with Gasteiger partial charge >= 0.3 is 0 Å². The van der Waals surface area contributed by atoms with E-state index in [9.17, 15) is 4.79 Å². The van der Waals surface area contributed by atoms with Crippen LogP contribution in [0.1, 0.15) is 45.4 Å². The smallest absolute Gasteiger partial charge is 0.220 e. The predicted octanol–water partition coefficient (Wildman–Crippen LogP) is 1.98. The maximum absolute atomic E-state index is 11.4. The maximum Gasteiger partial charge on any atom is 0.220 e. The van der Waals surface area contributed by atoms with Crippen molar-refractivity contribution < 1.29 is 4.79 Å². The molecule has 1 amide bonds. The van der Waals surface area contributed by atoms with E-state index in [-0.39, 0.29) is 11.9 Å². The zero-order chi connectivity index (χ0) is 11.5. The lowest BCUT2D eigenvalue weighted by atomic mass is 10.1. The van der Waals surface area contributed by atoms with Crippen LogP contribution in [0.5, 0.6) is 0 Å². The third kappa shape index (κ3) is 9.47. The van der Waals surface area contributed by atoms with Gasteiger partial charge in [-0.2, -0.15) is 0 Å². The summed E-state index contributed by atoms with van der Waals surface area (Å²) in [7, 11) is 0. The fraction of sp³-hybridized carbons (Fsp3) is 0.750. The molecule has 1 atom stereocenters. The van der Waals surface area contributed by atoms with Gasteiger partial charge < -0.3 is 11.1 Å². The first kappa shape index (κ1) is 14.2. The van der Waals surface area contributed by atoms with Crippen LogP contribution < -0.4 is 11.1 Å². The summed E-state index contributed by atoms with van der Waals surface area (Å²) in [6, 6.07) is 0.207. The number of hydrogen-bond donors (Lipinski definition) is 2. The monoisotopic (exact) mass is 212 g/mol. The topological polar surface area (TPSA) is 55.1 Å². The van der Waals surface area contributed by atoms with Crippen molar-refractivity contribution in [2.24, 2.45) is 5.73 Å². The van der Waals surface area contributed by atoms with E-state index in [4.69, 9.17) is 5.73 Å². The summed E-state index contributed by atoms with van der Waals surface area (Å²) >= 11 is 0. The van der Waals surface area contributed by atoms with Crippen LogP contribution in [0.4, 0.5) is 0 Å². The van der Waals surface area contributed by atoms with E-state index in [0.29, 0.717) is 6.42 Å².